The molecule has 0 radical (unpaired) electrons. The van der Waals surface area contributed by atoms with Crippen molar-refractivity contribution >= 4 is 27.5 Å². The van der Waals surface area contributed by atoms with Gasteiger partial charge in [-0.1, -0.05) is 6.07 Å². The molecule has 0 aromatic heterocycles. The van der Waals surface area contributed by atoms with Crippen LogP contribution < -0.4 is 14.8 Å². The molecule has 0 atom stereocenters. The third-order valence-electron chi connectivity index (χ3n) is 2.99. The Bertz CT molecular complexity index is 705. The van der Waals surface area contributed by atoms with Gasteiger partial charge >= 0.3 is 0 Å². The van der Waals surface area contributed by atoms with Crippen molar-refractivity contribution in [1.29, 1.82) is 0 Å². The quantitative estimate of drug-likeness (QED) is 0.898. The van der Waals surface area contributed by atoms with Gasteiger partial charge in [0.25, 0.3) is 5.91 Å². The first-order valence-electron chi connectivity index (χ1n) is 6.30. The molecule has 0 saturated heterocycles. The van der Waals surface area contributed by atoms with Crippen molar-refractivity contribution in [3.8, 4) is 11.5 Å². The Kier molecular flexibility index (Phi) is 3.79. The van der Waals surface area contributed by atoms with Crippen LogP contribution in [0, 0.1) is 5.82 Å². The number of anilines is 1. The Hall–Kier alpha value is -2.08. The largest absolute Gasteiger partial charge is 0.486 e. The molecule has 1 aliphatic rings. The molecular formula is C15H11BrFNO3. The van der Waals surface area contributed by atoms with Gasteiger partial charge in [-0.2, -0.15) is 0 Å². The summed E-state index contributed by atoms with van der Waals surface area (Å²) in [6.45, 7) is 0.842. The van der Waals surface area contributed by atoms with E-state index in [0.29, 0.717) is 40.4 Å². The number of hydrogen-bond acceptors (Lipinski definition) is 3. The number of amides is 1. The van der Waals surface area contributed by atoms with Gasteiger partial charge in [-0.15, -0.1) is 0 Å². The number of halogens is 2. The van der Waals surface area contributed by atoms with E-state index in [2.05, 4.69) is 21.2 Å². The normalized spacial score (nSPS) is 12.9. The number of carbonyl (C=O) groups is 1. The van der Waals surface area contributed by atoms with E-state index >= 15 is 0 Å². The summed E-state index contributed by atoms with van der Waals surface area (Å²) >= 11 is 3.27. The molecule has 108 valence electrons. The summed E-state index contributed by atoms with van der Waals surface area (Å²) in [7, 11) is 0. The number of carbonyl (C=O) groups excluding carboxylic acids is 1. The van der Waals surface area contributed by atoms with Crippen LogP contribution in [-0.4, -0.2) is 19.1 Å². The van der Waals surface area contributed by atoms with Gasteiger partial charge in [-0.3, -0.25) is 4.79 Å². The third-order valence-corrected chi connectivity index (χ3v) is 3.68. The van der Waals surface area contributed by atoms with Crippen LogP contribution in [-0.2, 0) is 0 Å². The molecule has 1 amide bonds. The molecule has 2 aromatic rings. The van der Waals surface area contributed by atoms with Crippen molar-refractivity contribution in [2.75, 3.05) is 18.5 Å². The fourth-order valence-corrected chi connectivity index (χ4v) is 2.38. The first kappa shape index (κ1) is 13.9. The van der Waals surface area contributed by atoms with E-state index in [0.717, 1.165) is 0 Å². The zero-order chi connectivity index (χ0) is 14.8. The van der Waals surface area contributed by atoms with Crippen molar-refractivity contribution in [2.45, 2.75) is 0 Å². The molecule has 6 heteroatoms. The van der Waals surface area contributed by atoms with Gasteiger partial charge in [-0.25, -0.2) is 4.39 Å². The van der Waals surface area contributed by atoms with E-state index in [1.54, 1.807) is 18.2 Å². The SMILES string of the molecule is O=C(Nc1cc(F)ccc1Br)c1cccc2c1OCCO2. The smallest absolute Gasteiger partial charge is 0.259 e. The fourth-order valence-electron chi connectivity index (χ4n) is 2.04. The Labute approximate surface area is 129 Å². The lowest BCUT2D eigenvalue weighted by molar-refractivity contribution is 0.101. The van der Waals surface area contributed by atoms with E-state index < -0.39 is 5.82 Å². The highest BCUT2D eigenvalue weighted by atomic mass is 79.9. The van der Waals surface area contributed by atoms with Crippen LogP contribution in [0.3, 0.4) is 0 Å². The molecule has 21 heavy (non-hydrogen) atoms. The zero-order valence-electron chi connectivity index (χ0n) is 10.9. The predicted molar refractivity (Wildman–Crippen MR) is 79.5 cm³/mol. The average Bonchev–Trinajstić information content (AvgIpc) is 2.50. The second-order valence-electron chi connectivity index (χ2n) is 4.41. The van der Waals surface area contributed by atoms with Gasteiger partial charge in [0.15, 0.2) is 11.5 Å². The molecule has 2 aromatic carbocycles. The van der Waals surface area contributed by atoms with Gasteiger partial charge < -0.3 is 14.8 Å². The summed E-state index contributed by atoms with van der Waals surface area (Å²) < 4.78 is 24.8. The molecule has 1 aliphatic heterocycles. The minimum atomic E-state index is -0.428. The molecule has 4 nitrogen and oxygen atoms in total. The molecular weight excluding hydrogens is 341 g/mol. The van der Waals surface area contributed by atoms with Crippen molar-refractivity contribution in [3.63, 3.8) is 0 Å². The summed E-state index contributed by atoms with van der Waals surface area (Å²) in [5, 5.41) is 2.66. The Balaban J connectivity index is 1.91. The van der Waals surface area contributed by atoms with Crippen molar-refractivity contribution in [2.24, 2.45) is 0 Å². The zero-order valence-corrected chi connectivity index (χ0v) is 12.4. The van der Waals surface area contributed by atoms with E-state index in [1.807, 2.05) is 0 Å². The van der Waals surface area contributed by atoms with Gasteiger partial charge in [0.1, 0.15) is 19.0 Å². The summed E-state index contributed by atoms with van der Waals surface area (Å²) in [6, 6.07) is 9.17. The summed E-state index contributed by atoms with van der Waals surface area (Å²) in [5.74, 6) is 0.132. The highest BCUT2D eigenvalue weighted by Gasteiger charge is 2.20. The number of para-hydroxylation sites is 1. The lowest BCUT2D eigenvalue weighted by Gasteiger charge is -2.20. The van der Waals surface area contributed by atoms with Crippen LogP contribution in [0.15, 0.2) is 40.9 Å². The third kappa shape index (κ3) is 2.85. The fraction of sp³-hybridized carbons (Fsp3) is 0.133. The minimum absolute atomic E-state index is 0.350. The van der Waals surface area contributed by atoms with E-state index in [-0.39, 0.29) is 5.91 Å². The number of nitrogens with one attached hydrogen (secondary N) is 1. The summed E-state index contributed by atoms with van der Waals surface area (Å²) in [4.78, 5) is 12.4. The van der Waals surface area contributed by atoms with Crippen LogP contribution in [0.5, 0.6) is 11.5 Å². The Morgan fingerprint density at radius 2 is 2.00 bits per heavy atom. The first-order valence-corrected chi connectivity index (χ1v) is 7.09. The Morgan fingerprint density at radius 3 is 2.86 bits per heavy atom. The second kappa shape index (κ2) is 5.73. The molecule has 0 saturated carbocycles. The van der Waals surface area contributed by atoms with E-state index in [9.17, 15) is 9.18 Å². The molecule has 0 fully saturated rings. The van der Waals surface area contributed by atoms with Gasteiger partial charge in [-0.05, 0) is 46.3 Å². The lowest BCUT2D eigenvalue weighted by atomic mass is 10.1. The maximum absolute atomic E-state index is 13.3. The van der Waals surface area contributed by atoms with Gasteiger partial charge in [0.05, 0.1) is 11.3 Å². The maximum Gasteiger partial charge on any atom is 0.259 e. The molecule has 0 aliphatic carbocycles. The highest BCUT2D eigenvalue weighted by molar-refractivity contribution is 9.10. The molecule has 0 spiro atoms. The van der Waals surface area contributed by atoms with E-state index in [4.69, 9.17) is 9.47 Å². The van der Waals surface area contributed by atoms with Crippen LogP contribution in [0.4, 0.5) is 10.1 Å². The highest BCUT2D eigenvalue weighted by Crippen LogP contribution is 2.34. The number of benzene rings is 2. The number of ether oxygens (including phenoxy) is 2. The summed E-state index contributed by atoms with van der Waals surface area (Å²) in [5.41, 5.74) is 0.706. The minimum Gasteiger partial charge on any atom is -0.486 e. The predicted octanol–water partition coefficient (Wildman–Crippen LogP) is 3.61. The summed E-state index contributed by atoms with van der Waals surface area (Å²) in [6.07, 6.45) is 0. The van der Waals surface area contributed by atoms with Crippen LogP contribution in [0.1, 0.15) is 10.4 Å². The van der Waals surface area contributed by atoms with Crippen molar-refractivity contribution in [1.82, 2.24) is 0 Å². The second-order valence-corrected chi connectivity index (χ2v) is 5.26. The van der Waals surface area contributed by atoms with E-state index in [1.165, 1.54) is 18.2 Å². The maximum atomic E-state index is 13.3. The van der Waals surface area contributed by atoms with Gasteiger partial charge in [0, 0.05) is 4.47 Å². The number of hydrogen-bond donors (Lipinski definition) is 1. The van der Waals surface area contributed by atoms with Crippen molar-refractivity contribution in [3.05, 3.63) is 52.3 Å². The van der Waals surface area contributed by atoms with Crippen LogP contribution in [0.2, 0.25) is 0 Å². The number of fused-ring (bicyclic) bond motifs is 1. The standard InChI is InChI=1S/C15H11BrFNO3/c16-11-5-4-9(17)8-12(11)18-15(19)10-2-1-3-13-14(10)21-7-6-20-13/h1-5,8H,6-7H2,(H,18,19). The average molecular weight is 352 g/mol. The topological polar surface area (TPSA) is 47.6 Å². The number of rotatable bonds is 2. The monoisotopic (exact) mass is 351 g/mol. The van der Waals surface area contributed by atoms with Crippen LogP contribution in [0.25, 0.3) is 0 Å². The molecule has 0 bridgehead atoms. The van der Waals surface area contributed by atoms with Crippen molar-refractivity contribution < 1.29 is 18.7 Å². The van der Waals surface area contributed by atoms with Crippen LogP contribution >= 0.6 is 15.9 Å². The molecule has 0 unspecified atom stereocenters. The first-order chi connectivity index (χ1) is 10.1. The lowest BCUT2D eigenvalue weighted by Crippen LogP contribution is -2.20. The molecule has 1 N–H and O–H groups in total. The molecule has 1 heterocycles. The Morgan fingerprint density at radius 1 is 1.19 bits per heavy atom. The molecule has 3 rings (SSSR count). The van der Waals surface area contributed by atoms with Gasteiger partial charge in [0.2, 0.25) is 0 Å².